The molecular weight excluding hydrogens is 250 g/mol. The summed E-state index contributed by atoms with van der Waals surface area (Å²) in [5.74, 6) is 4.87. The van der Waals surface area contributed by atoms with E-state index in [1.807, 2.05) is 0 Å². The number of hydrogen-bond acceptors (Lipinski definition) is 4. The third kappa shape index (κ3) is 1.92. The molecule has 4 nitrogen and oxygen atoms in total. The van der Waals surface area contributed by atoms with Gasteiger partial charge in [0.2, 0.25) is 5.89 Å². The van der Waals surface area contributed by atoms with Gasteiger partial charge in [-0.2, -0.15) is 4.98 Å². The molecule has 1 heterocycles. The fourth-order valence-corrected chi connectivity index (χ4v) is 4.93. The summed E-state index contributed by atoms with van der Waals surface area (Å²) >= 11 is 0. The van der Waals surface area contributed by atoms with Gasteiger partial charge in [-0.3, -0.25) is 0 Å². The Morgan fingerprint density at radius 1 is 1.15 bits per heavy atom. The smallest absolute Gasteiger partial charge is 0.231 e. The number of nitrogens with two attached hydrogens (primary N) is 1. The number of rotatable bonds is 3. The maximum Gasteiger partial charge on any atom is 0.231 e. The number of hydrogen-bond donors (Lipinski definition) is 1. The quantitative estimate of drug-likeness (QED) is 0.920. The first-order chi connectivity index (χ1) is 9.76. The molecule has 0 amide bonds. The van der Waals surface area contributed by atoms with E-state index in [0.717, 1.165) is 17.6 Å². The van der Waals surface area contributed by atoms with Crippen LogP contribution in [0, 0.1) is 17.8 Å². The molecule has 0 radical (unpaired) electrons. The average molecular weight is 275 g/mol. The second-order valence-electron chi connectivity index (χ2n) is 7.21. The molecule has 0 spiro atoms. The highest BCUT2D eigenvalue weighted by Gasteiger charge is 2.49. The number of fused-ring (bicyclic) bond motifs is 2. The number of aromatic nitrogens is 2. The molecule has 0 aromatic carbocycles. The lowest BCUT2D eigenvalue weighted by atomic mass is 9.85. The van der Waals surface area contributed by atoms with Crippen LogP contribution >= 0.6 is 0 Å². The topological polar surface area (TPSA) is 64.9 Å². The van der Waals surface area contributed by atoms with Crippen LogP contribution in [-0.4, -0.2) is 16.2 Å². The van der Waals surface area contributed by atoms with Gasteiger partial charge in [-0.15, -0.1) is 0 Å². The van der Waals surface area contributed by atoms with Crippen molar-refractivity contribution in [3.05, 3.63) is 11.7 Å². The van der Waals surface area contributed by atoms with Crippen LogP contribution in [-0.2, 0) is 0 Å². The van der Waals surface area contributed by atoms with E-state index < -0.39 is 0 Å². The first-order valence-corrected chi connectivity index (χ1v) is 8.35. The SMILES string of the molecule is CCC1CCC(c2noc(C3C4CCC(C4)C3N)n2)C1. The van der Waals surface area contributed by atoms with E-state index in [0.29, 0.717) is 23.7 Å². The minimum absolute atomic E-state index is 0.244. The minimum Gasteiger partial charge on any atom is -0.339 e. The van der Waals surface area contributed by atoms with Crippen LogP contribution in [0.5, 0.6) is 0 Å². The van der Waals surface area contributed by atoms with E-state index in [-0.39, 0.29) is 6.04 Å². The molecule has 6 atom stereocenters. The minimum atomic E-state index is 0.244. The Morgan fingerprint density at radius 3 is 2.70 bits per heavy atom. The first-order valence-electron chi connectivity index (χ1n) is 8.35. The van der Waals surface area contributed by atoms with Crippen molar-refractivity contribution in [3.8, 4) is 0 Å². The maximum absolute atomic E-state index is 6.37. The van der Waals surface area contributed by atoms with Crippen LogP contribution in [0.3, 0.4) is 0 Å². The van der Waals surface area contributed by atoms with Crippen LogP contribution in [0.15, 0.2) is 4.52 Å². The Kier molecular flexibility index (Phi) is 3.09. The van der Waals surface area contributed by atoms with E-state index >= 15 is 0 Å². The molecule has 110 valence electrons. The Bertz CT molecular complexity index is 484. The molecule has 3 fully saturated rings. The molecule has 0 saturated heterocycles. The van der Waals surface area contributed by atoms with Gasteiger partial charge in [0.05, 0.1) is 5.92 Å². The summed E-state index contributed by atoms with van der Waals surface area (Å²) in [4.78, 5) is 4.75. The zero-order valence-corrected chi connectivity index (χ0v) is 12.3. The van der Waals surface area contributed by atoms with E-state index in [4.69, 9.17) is 15.2 Å². The Balaban J connectivity index is 1.51. The van der Waals surface area contributed by atoms with Crippen molar-refractivity contribution in [1.82, 2.24) is 10.1 Å². The molecule has 4 heteroatoms. The first kappa shape index (κ1) is 12.8. The highest BCUT2D eigenvalue weighted by atomic mass is 16.5. The molecule has 3 aliphatic rings. The van der Waals surface area contributed by atoms with Gasteiger partial charge in [-0.05, 0) is 56.3 Å². The zero-order valence-electron chi connectivity index (χ0n) is 12.3. The van der Waals surface area contributed by atoms with Gasteiger partial charge in [-0.1, -0.05) is 18.5 Å². The van der Waals surface area contributed by atoms with E-state index in [9.17, 15) is 0 Å². The second-order valence-corrected chi connectivity index (χ2v) is 7.21. The van der Waals surface area contributed by atoms with Crippen molar-refractivity contribution < 1.29 is 4.52 Å². The van der Waals surface area contributed by atoms with Gasteiger partial charge in [0.15, 0.2) is 5.82 Å². The summed E-state index contributed by atoms with van der Waals surface area (Å²) in [5, 5.41) is 4.29. The van der Waals surface area contributed by atoms with Crippen LogP contribution in [0.1, 0.15) is 75.4 Å². The second kappa shape index (κ2) is 4.83. The highest BCUT2D eigenvalue weighted by molar-refractivity contribution is 5.12. The van der Waals surface area contributed by atoms with Crippen LogP contribution in [0.2, 0.25) is 0 Å². The van der Waals surface area contributed by atoms with Gasteiger partial charge in [0.1, 0.15) is 0 Å². The van der Waals surface area contributed by atoms with Gasteiger partial charge in [0, 0.05) is 12.0 Å². The third-order valence-corrected chi connectivity index (χ3v) is 6.21. The highest BCUT2D eigenvalue weighted by Crippen LogP contribution is 2.52. The van der Waals surface area contributed by atoms with E-state index in [1.165, 1.54) is 44.9 Å². The van der Waals surface area contributed by atoms with Crippen molar-refractivity contribution in [3.63, 3.8) is 0 Å². The molecule has 3 aliphatic carbocycles. The molecule has 20 heavy (non-hydrogen) atoms. The summed E-state index contributed by atoms with van der Waals surface area (Å²) in [6.07, 6.45) is 8.91. The molecule has 2 bridgehead atoms. The lowest BCUT2D eigenvalue weighted by Gasteiger charge is -2.24. The molecule has 6 unspecified atom stereocenters. The van der Waals surface area contributed by atoms with Crippen LogP contribution in [0.25, 0.3) is 0 Å². The van der Waals surface area contributed by atoms with Crippen molar-refractivity contribution in [2.45, 2.75) is 69.7 Å². The van der Waals surface area contributed by atoms with Gasteiger partial charge in [-0.25, -0.2) is 0 Å². The average Bonchev–Trinajstić information content (AvgIpc) is 3.21. The van der Waals surface area contributed by atoms with Crippen LogP contribution < -0.4 is 5.73 Å². The van der Waals surface area contributed by atoms with Gasteiger partial charge in [0.25, 0.3) is 0 Å². The van der Waals surface area contributed by atoms with Crippen molar-refractivity contribution in [1.29, 1.82) is 0 Å². The lowest BCUT2D eigenvalue weighted by molar-refractivity contribution is 0.278. The summed E-state index contributed by atoms with van der Waals surface area (Å²) in [6.45, 7) is 2.28. The fraction of sp³-hybridized carbons (Fsp3) is 0.875. The van der Waals surface area contributed by atoms with E-state index in [2.05, 4.69) is 12.1 Å². The predicted molar refractivity (Wildman–Crippen MR) is 76.2 cm³/mol. The van der Waals surface area contributed by atoms with Crippen molar-refractivity contribution in [2.24, 2.45) is 23.5 Å². The summed E-state index contributed by atoms with van der Waals surface area (Å²) in [6, 6.07) is 0.244. The molecule has 4 rings (SSSR count). The van der Waals surface area contributed by atoms with Crippen molar-refractivity contribution >= 4 is 0 Å². The molecule has 0 aliphatic heterocycles. The molecule has 1 aromatic heterocycles. The Labute approximate surface area is 120 Å². The summed E-state index contributed by atoms with van der Waals surface area (Å²) < 4.78 is 5.61. The molecule has 2 N–H and O–H groups in total. The Morgan fingerprint density at radius 2 is 2.00 bits per heavy atom. The lowest BCUT2D eigenvalue weighted by Crippen LogP contribution is -2.34. The third-order valence-electron chi connectivity index (χ3n) is 6.21. The van der Waals surface area contributed by atoms with Crippen LogP contribution in [0.4, 0.5) is 0 Å². The predicted octanol–water partition coefficient (Wildman–Crippen LogP) is 3.20. The largest absolute Gasteiger partial charge is 0.339 e. The van der Waals surface area contributed by atoms with Crippen molar-refractivity contribution in [2.75, 3.05) is 0 Å². The Hall–Kier alpha value is -0.900. The standard InChI is InChI=1S/C16H25N3O/c1-2-9-3-4-12(7-9)15-18-16(20-19-15)13-10-5-6-11(8-10)14(13)17/h9-14H,2-8,17H2,1H3. The summed E-state index contributed by atoms with van der Waals surface area (Å²) in [7, 11) is 0. The van der Waals surface area contributed by atoms with Gasteiger partial charge >= 0.3 is 0 Å². The van der Waals surface area contributed by atoms with E-state index in [1.54, 1.807) is 0 Å². The molecule has 1 aromatic rings. The number of nitrogens with zero attached hydrogens (tertiary/aromatic N) is 2. The summed E-state index contributed by atoms with van der Waals surface area (Å²) in [5.41, 5.74) is 6.37. The maximum atomic E-state index is 6.37. The van der Waals surface area contributed by atoms with Gasteiger partial charge < -0.3 is 10.3 Å². The fourth-order valence-electron chi connectivity index (χ4n) is 4.93. The molecule has 3 saturated carbocycles. The normalized spacial score (nSPS) is 43.5. The zero-order chi connectivity index (χ0) is 13.7. The molecular formula is C16H25N3O. The monoisotopic (exact) mass is 275 g/mol.